The van der Waals surface area contributed by atoms with Gasteiger partial charge in [-0.1, -0.05) is 0 Å². The topological polar surface area (TPSA) is 38.3 Å². The molecule has 98 valence electrons. The second-order valence-electron chi connectivity index (χ2n) is 3.81. The summed E-state index contributed by atoms with van der Waals surface area (Å²) < 4.78 is 30.9. The third kappa shape index (κ3) is 3.07. The lowest BCUT2D eigenvalue weighted by Crippen LogP contribution is -2.12. The van der Waals surface area contributed by atoms with Gasteiger partial charge in [-0.25, -0.2) is 8.78 Å². The van der Waals surface area contributed by atoms with Crippen molar-refractivity contribution < 1.29 is 18.3 Å². The highest BCUT2D eigenvalue weighted by molar-refractivity contribution is 6.04. The summed E-state index contributed by atoms with van der Waals surface area (Å²) >= 11 is 0. The largest absolute Gasteiger partial charge is 0.494 e. The maximum absolute atomic E-state index is 13.4. The highest BCUT2D eigenvalue weighted by Crippen LogP contribution is 2.21. The van der Waals surface area contributed by atoms with E-state index in [2.05, 4.69) is 5.32 Å². The van der Waals surface area contributed by atoms with E-state index >= 15 is 0 Å². The maximum Gasteiger partial charge on any atom is 0.255 e. The van der Waals surface area contributed by atoms with E-state index in [9.17, 15) is 13.6 Å². The molecule has 0 spiro atoms. The normalized spacial score (nSPS) is 10.1. The molecular weight excluding hydrogens is 252 g/mol. The molecule has 0 aliphatic carbocycles. The number of rotatable bonds is 3. The summed E-state index contributed by atoms with van der Waals surface area (Å²) in [5, 5.41) is 2.51. The summed E-state index contributed by atoms with van der Waals surface area (Å²) in [6, 6.07) is 9.15. The van der Waals surface area contributed by atoms with Crippen molar-refractivity contribution in [1.82, 2.24) is 0 Å². The molecule has 0 unspecified atom stereocenters. The van der Waals surface area contributed by atoms with E-state index in [-0.39, 0.29) is 11.3 Å². The van der Waals surface area contributed by atoms with Crippen LogP contribution < -0.4 is 10.1 Å². The first-order valence-corrected chi connectivity index (χ1v) is 5.50. The van der Waals surface area contributed by atoms with Crippen LogP contribution in [0, 0.1) is 11.6 Å². The Morgan fingerprint density at radius 2 is 1.79 bits per heavy atom. The highest BCUT2D eigenvalue weighted by atomic mass is 19.1. The zero-order chi connectivity index (χ0) is 13.8. The van der Waals surface area contributed by atoms with Crippen molar-refractivity contribution in [3.8, 4) is 5.75 Å². The van der Waals surface area contributed by atoms with E-state index in [0.29, 0.717) is 5.69 Å². The Morgan fingerprint density at radius 1 is 1.11 bits per heavy atom. The van der Waals surface area contributed by atoms with Crippen LogP contribution in [-0.2, 0) is 0 Å². The van der Waals surface area contributed by atoms with E-state index < -0.39 is 17.5 Å². The van der Waals surface area contributed by atoms with Crippen LogP contribution in [0.1, 0.15) is 10.4 Å². The maximum atomic E-state index is 13.4. The third-order valence-electron chi connectivity index (χ3n) is 2.52. The number of nitrogens with one attached hydrogen (secondary N) is 1. The molecule has 2 aromatic rings. The number of carbonyl (C=O) groups excluding carboxylic acids is 1. The first-order valence-electron chi connectivity index (χ1n) is 5.50. The number of carbonyl (C=O) groups is 1. The molecule has 1 N–H and O–H groups in total. The minimum Gasteiger partial charge on any atom is -0.494 e. The van der Waals surface area contributed by atoms with Gasteiger partial charge in [-0.15, -0.1) is 0 Å². The van der Waals surface area contributed by atoms with Gasteiger partial charge in [0.2, 0.25) is 0 Å². The number of hydrogen-bond donors (Lipinski definition) is 1. The zero-order valence-electron chi connectivity index (χ0n) is 10.1. The van der Waals surface area contributed by atoms with Crippen molar-refractivity contribution >= 4 is 11.6 Å². The molecule has 0 aliphatic heterocycles. The Hall–Kier alpha value is -2.43. The fourth-order valence-electron chi connectivity index (χ4n) is 1.55. The molecule has 19 heavy (non-hydrogen) atoms. The van der Waals surface area contributed by atoms with Crippen LogP contribution in [0.5, 0.6) is 5.75 Å². The number of amides is 1. The fourth-order valence-corrected chi connectivity index (χ4v) is 1.55. The lowest BCUT2D eigenvalue weighted by Gasteiger charge is -2.07. The predicted octanol–water partition coefficient (Wildman–Crippen LogP) is 3.23. The molecule has 2 rings (SSSR count). The number of hydrogen-bond acceptors (Lipinski definition) is 2. The van der Waals surface area contributed by atoms with E-state index in [1.807, 2.05) is 0 Å². The molecule has 0 aliphatic rings. The summed E-state index contributed by atoms with van der Waals surface area (Å²) in [6.07, 6.45) is 0. The number of methoxy groups -OCH3 is 1. The van der Waals surface area contributed by atoms with E-state index in [4.69, 9.17) is 4.74 Å². The van der Waals surface area contributed by atoms with Gasteiger partial charge in [0.15, 0.2) is 11.6 Å². The van der Waals surface area contributed by atoms with Crippen molar-refractivity contribution in [2.75, 3.05) is 12.4 Å². The van der Waals surface area contributed by atoms with E-state index in [1.54, 1.807) is 0 Å². The second kappa shape index (κ2) is 5.48. The smallest absolute Gasteiger partial charge is 0.255 e. The van der Waals surface area contributed by atoms with Gasteiger partial charge in [-0.2, -0.15) is 0 Å². The molecule has 0 bridgehead atoms. The SMILES string of the molecule is COc1ccc(NC(=O)c2ccc(F)cc2)cc1F. The molecule has 3 nitrogen and oxygen atoms in total. The Labute approximate surface area is 108 Å². The van der Waals surface area contributed by atoms with Crippen molar-refractivity contribution in [2.45, 2.75) is 0 Å². The lowest BCUT2D eigenvalue weighted by molar-refractivity contribution is 0.102. The third-order valence-corrected chi connectivity index (χ3v) is 2.52. The summed E-state index contributed by atoms with van der Waals surface area (Å²) in [5.41, 5.74) is 0.588. The van der Waals surface area contributed by atoms with Gasteiger partial charge < -0.3 is 10.1 Å². The summed E-state index contributed by atoms with van der Waals surface area (Å²) in [4.78, 5) is 11.8. The van der Waals surface area contributed by atoms with Crippen LogP contribution in [-0.4, -0.2) is 13.0 Å². The second-order valence-corrected chi connectivity index (χ2v) is 3.81. The number of halogens is 2. The van der Waals surface area contributed by atoms with Crippen LogP contribution >= 0.6 is 0 Å². The van der Waals surface area contributed by atoms with Crippen molar-refractivity contribution in [3.05, 3.63) is 59.7 Å². The Bertz CT molecular complexity index is 597. The average molecular weight is 263 g/mol. The molecule has 0 saturated heterocycles. The highest BCUT2D eigenvalue weighted by Gasteiger charge is 2.08. The molecular formula is C14H11F2NO2. The summed E-state index contributed by atoms with van der Waals surface area (Å²) in [7, 11) is 1.36. The quantitative estimate of drug-likeness (QED) is 0.923. The first kappa shape index (κ1) is 13.0. The predicted molar refractivity (Wildman–Crippen MR) is 67.3 cm³/mol. The van der Waals surface area contributed by atoms with E-state index in [0.717, 1.165) is 6.07 Å². The van der Waals surface area contributed by atoms with Gasteiger partial charge in [0.25, 0.3) is 5.91 Å². The molecule has 0 aromatic heterocycles. The Balaban J connectivity index is 2.14. The van der Waals surface area contributed by atoms with Crippen molar-refractivity contribution in [1.29, 1.82) is 0 Å². The van der Waals surface area contributed by atoms with Gasteiger partial charge in [0.05, 0.1) is 7.11 Å². The zero-order valence-corrected chi connectivity index (χ0v) is 10.1. The fraction of sp³-hybridized carbons (Fsp3) is 0.0714. The van der Waals surface area contributed by atoms with E-state index in [1.165, 1.54) is 43.5 Å². The van der Waals surface area contributed by atoms with Gasteiger partial charge >= 0.3 is 0 Å². The van der Waals surface area contributed by atoms with Crippen LogP contribution in [0.15, 0.2) is 42.5 Å². The molecule has 0 radical (unpaired) electrons. The number of anilines is 1. The molecule has 2 aromatic carbocycles. The standard InChI is InChI=1S/C14H11F2NO2/c1-19-13-7-6-11(8-12(13)16)17-14(18)9-2-4-10(15)5-3-9/h2-8H,1H3,(H,17,18). The molecule has 0 heterocycles. The first-order chi connectivity index (χ1) is 9.10. The monoisotopic (exact) mass is 263 g/mol. The molecule has 5 heteroatoms. The Morgan fingerprint density at radius 3 is 2.37 bits per heavy atom. The summed E-state index contributed by atoms with van der Waals surface area (Å²) in [6.45, 7) is 0. The molecule has 1 amide bonds. The minimum absolute atomic E-state index is 0.0970. The van der Waals surface area contributed by atoms with Crippen molar-refractivity contribution in [3.63, 3.8) is 0 Å². The Kier molecular flexibility index (Phi) is 3.75. The van der Waals surface area contributed by atoms with Crippen LogP contribution in [0.25, 0.3) is 0 Å². The number of benzene rings is 2. The van der Waals surface area contributed by atoms with Crippen LogP contribution in [0.3, 0.4) is 0 Å². The molecule has 0 fully saturated rings. The van der Waals surface area contributed by atoms with Crippen molar-refractivity contribution in [2.24, 2.45) is 0 Å². The minimum atomic E-state index is -0.570. The van der Waals surface area contributed by atoms with Gasteiger partial charge in [-0.05, 0) is 36.4 Å². The molecule has 0 saturated carbocycles. The van der Waals surface area contributed by atoms with Gasteiger partial charge in [0, 0.05) is 17.3 Å². The number of ether oxygens (including phenoxy) is 1. The van der Waals surface area contributed by atoms with Gasteiger partial charge in [-0.3, -0.25) is 4.79 Å². The molecule has 0 atom stereocenters. The van der Waals surface area contributed by atoms with Crippen LogP contribution in [0.2, 0.25) is 0 Å². The average Bonchev–Trinajstić information content (AvgIpc) is 2.39. The summed E-state index contributed by atoms with van der Waals surface area (Å²) in [5.74, 6) is -1.34. The van der Waals surface area contributed by atoms with Gasteiger partial charge in [0.1, 0.15) is 5.82 Å². The van der Waals surface area contributed by atoms with Crippen LogP contribution in [0.4, 0.5) is 14.5 Å². The lowest BCUT2D eigenvalue weighted by atomic mass is 10.2.